The van der Waals surface area contributed by atoms with E-state index < -0.39 is 104 Å². The zero-order valence-electron chi connectivity index (χ0n) is 38.2. The van der Waals surface area contributed by atoms with Gasteiger partial charge in [0, 0.05) is 23.9 Å². The highest BCUT2D eigenvalue weighted by molar-refractivity contribution is 5.80. The lowest BCUT2D eigenvalue weighted by Gasteiger charge is -2.45. The Morgan fingerprint density at radius 3 is 1.75 bits per heavy atom. The van der Waals surface area contributed by atoms with Crippen LogP contribution < -0.4 is 4.74 Å². The molecule has 1 aromatic carbocycles. The molecule has 306 valence electrons. The van der Waals surface area contributed by atoms with Crippen molar-refractivity contribution in [1.82, 2.24) is 9.78 Å². The number of esters is 4. The molecular weight excluding hydrogens is 708 g/mol. The third kappa shape index (κ3) is 11.6. The van der Waals surface area contributed by atoms with Crippen LogP contribution >= 0.6 is 0 Å². The molecular formula is C42H62N2O11. The molecule has 5 atom stereocenters. The van der Waals surface area contributed by atoms with Gasteiger partial charge < -0.3 is 28.4 Å². The maximum absolute atomic E-state index is 13.9. The van der Waals surface area contributed by atoms with Crippen molar-refractivity contribution in [2.75, 3.05) is 6.61 Å². The van der Waals surface area contributed by atoms with E-state index in [4.69, 9.17) is 33.9 Å². The second-order valence-electron chi connectivity index (χ2n) is 17.0. The zero-order chi connectivity index (χ0) is 44.7. The van der Waals surface area contributed by atoms with Gasteiger partial charge in [0.25, 0.3) is 0 Å². The fraction of sp³-hybridized carbons (Fsp3) is 0.667. The molecule has 2 aromatic rings. The van der Waals surface area contributed by atoms with Gasteiger partial charge in [-0.1, -0.05) is 51.1 Å². The van der Waals surface area contributed by atoms with E-state index in [0.717, 1.165) is 5.56 Å². The van der Waals surface area contributed by atoms with Crippen LogP contribution in [0.25, 0.3) is 0 Å². The third-order valence-electron chi connectivity index (χ3n) is 8.43. The van der Waals surface area contributed by atoms with E-state index in [-0.39, 0.29) is 37.4 Å². The number of nitrogens with zero attached hydrogens (tertiary/aromatic N) is 2. The fourth-order valence-corrected chi connectivity index (χ4v) is 5.26. The average molecular weight is 775 g/mol. The fourth-order valence-electron chi connectivity index (χ4n) is 5.26. The SMILES string of the molecule is [2H]CC(C)(C)C(=O)OC[C@H]1OC(Oc2nn(C(=O)CC)c(C(C)C)c2Cc2ccccc2)[C@H](OC(=O)C(C)(C)C[2H])[C@@H](OC(=O)C(C)(C)C[2H])[C@@H]1OC(=O)C(C)(C)C[2H]. The molecule has 3 rings (SSSR count). The van der Waals surface area contributed by atoms with Crippen molar-refractivity contribution in [3.8, 4) is 5.88 Å². The lowest BCUT2D eigenvalue weighted by atomic mass is 9.93. The number of aromatic nitrogens is 2. The summed E-state index contributed by atoms with van der Waals surface area (Å²) < 4.78 is 70.1. The Kier molecular flexibility index (Phi) is 12.2. The number of hydrogen-bond acceptors (Lipinski definition) is 12. The lowest BCUT2D eigenvalue weighted by molar-refractivity contribution is -0.294. The van der Waals surface area contributed by atoms with Crippen molar-refractivity contribution in [2.24, 2.45) is 21.7 Å². The van der Waals surface area contributed by atoms with Gasteiger partial charge in [-0.2, -0.15) is 0 Å². The first-order valence-electron chi connectivity index (χ1n) is 21.2. The van der Waals surface area contributed by atoms with Gasteiger partial charge in [0.15, 0.2) is 12.2 Å². The first kappa shape index (κ1) is 39.0. The highest BCUT2D eigenvalue weighted by Gasteiger charge is 2.56. The maximum atomic E-state index is 13.9. The summed E-state index contributed by atoms with van der Waals surface area (Å²) in [5.74, 6) is -4.22. The van der Waals surface area contributed by atoms with E-state index in [0.29, 0.717) is 11.3 Å². The van der Waals surface area contributed by atoms with Crippen LogP contribution in [0.1, 0.15) is 143 Å². The molecule has 1 aromatic heterocycles. The lowest BCUT2D eigenvalue weighted by Crippen LogP contribution is -2.65. The molecule has 55 heavy (non-hydrogen) atoms. The van der Waals surface area contributed by atoms with Gasteiger partial charge in [0.1, 0.15) is 12.7 Å². The van der Waals surface area contributed by atoms with Crippen molar-refractivity contribution in [1.29, 1.82) is 0 Å². The van der Waals surface area contributed by atoms with Crippen molar-refractivity contribution in [3.05, 3.63) is 47.2 Å². The van der Waals surface area contributed by atoms with Gasteiger partial charge >= 0.3 is 23.9 Å². The highest BCUT2D eigenvalue weighted by atomic mass is 16.7. The molecule has 2 heterocycles. The highest BCUT2D eigenvalue weighted by Crippen LogP contribution is 2.37. The predicted octanol–water partition coefficient (Wildman–Crippen LogP) is 7.21. The van der Waals surface area contributed by atoms with Crippen molar-refractivity contribution in [2.45, 2.75) is 153 Å². The van der Waals surface area contributed by atoms with Crippen molar-refractivity contribution in [3.63, 3.8) is 0 Å². The van der Waals surface area contributed by atoms with Gasteiger partial charge in [-0.3, -0.25) is 24.0 Å². The number of rotatable bonds is 11. The summed E-state index contributed by atoms with van der Waals surface area (Å²) in [5.41, 5.74) is -3.59. The number of ether oxygens (including phenoxy) is 6. The normalized spacial score (nSPS) is 21.7. The van der Waals surface area contributed by atoms with Crippen LogP contribution in [0.5, 0.6) is 5.88 Å². The minimum Gasteiger partial charge on any atom is -0.462 e. The van der Waals surface area contributed by atoms with Crippen LogP contribution in [0, 0.1) is 21.7 Å². The molecule has 1 saturated heterocycles. The minimum absolute atomic E-state index is 0.0846. The molecule has 1 aliphatic heterocycles. The van der Waals surface area contributed by atoms with Gasteiger partial charge in [-0.15, -0.1) is 5.10 Å². The summed E-state index contributed by atoms with van der Waals surface area (Å²) in [7, 11) is 0. The van der Waals surface area contributed by atoms with E-state index in [1.807, 2.05) is 44.2 Å². The molecule has 0 aliphatic carbocycles. The second kappa shape index (κ2) is 17.3. The standard InChI is InChI=1S/C42H62N2O11/c1-16-28(45)44-29(24(2)3)26(22-25-20-18-17-19-21-25)33(43-44)55-34-32(54-38(49)42(13,14)15)31(53-37(48)41(10,11)12)30(52-36(47)40(7,8)9)27(51-34)23-50-35(46)39(4,5)6/h17-21,24,27,30-32,34H,16,22-23H2,1-15H3/t27-,30-,31+,32-,34?/m1/s1/i4D,7D,10D,13D. The van der Waals surface area contributed by atoms with Gasteiger partial charge in [-0.25, -0.2) is 4.68 Å². The van der Waals surface area contributed by atoms with E-state index in [2.05, 4.69) is 5.10 Å². The molecule has 0 saturated carbocycles. The minimum atomic E-state index is -1.76. The Morgan fingerprint density at radius 1 is 0.764 bits per heavy atom. The molecule has 1 fully saturated rings. The van der Waals surface area contributed by atoms with Crippen molar-refractivity contribution < 1.29 is 57.9 Å². The van der Waals surface area contributed by atoms with Crippen LogP contribution in [-0.2, 0) is 49.3 Å². The number of carbonyl (C=O) groups excluding carboxylic acids is 5. The predicted molar refractivity (Wildman–Crippen MR) is 204 cm³/mol. The molecule has 0 N–H and O–H groups in total. The first-order valence-corrected chi connectivity index (χ1v) is 18.4. The summed E-state index contributed by atoms with van der Waals surface area (Å²) in [6.07, 6.45) is -8.08. The topological polar surface area (TPSA) is 159 Å². The molecule has 13 heteroatoms. The van der Waals surface area contributed by atoms with Crippen LogP contribution in [0.4, 0.5) is 0 Å². The van der Waals surface area contributed by atoms with Crippen LogP contribution in [0.2, 0.25) is 0 Å². The Hall–Kier alpha value is -4.26. The Labute approximate surface area is 331 Å². The van der Waals surface area contributed by atoms with E-state index in [9.17, 15) is 24.0 Å². The summed E-state index contributed by atoms with van der Waals surface area (Å²) in [5, 5.41) is 4.61. The van der Waals surface area contributed by atoms with Gasteiger partial charge in [0.2, 0.25) is 24.2 Å². The van der Waals surface area contributed by atoms with Crippen LogP contribution in [0.3, 0.4) is 0 Å². The van der Waals surface area contributed by atoms with Crippen molar-refractivity contribution >= 4 is 29.8 Å². The number of carbonyl (C=O) groups is 5. The largest absolute Gasteiger partial charge is 0.462 e. The second-order valence-corrected chi connectivity index (χ2v) is 17.0. The smallest absolute Gasteiger partial charge is 0.311 e. The summed E-state index contributed by atoms with van der Waals surface area (Å²) in [4.78, 5) is 68.2. The average Bonchev–Trinajstić information content (AvgIpc) is 3.55. The summed E-state index contributed by atoms with van der Waals surface area (Å²) >= 11 is 0. The zero-order valence-corrected chi connectivity index (χ0v) is 34.2. The molecule has 0 spiro atoms. The molecule has 0 bridgehead atoms. The van der Waals surface area contributed by atoms with E-state index in [1.54, 1.807) is 6.92 Å². The molecule has 0 amide bonds. The van der Waals surface area contributed by atoms with Crippen LogP contribution in [-0.4, -0.2) is 76.9 Å². The molecule has 1 unspecified atom stereocenters. The summed E-state index contributed by atoms with van der Waals surface area (Å²) in [6, 6.07) is 9.35. The monoisotopic (exact) mass is 774 g/mol. The number of hydrogen-bond donors (Lipinski definition) is 0. The summed E-state index contributed by atoms with van der Waals surface area (Å²) in [6.45, 7) is 15.1. The molecule has 13 nitrogen and oxygen atoms in total. The Bertz CT molecular complexity index is 1800. The molecule has 0 radical (unpaired) electrons. The van der Waals surface area contributed by atoms with Gasteiger partial charge in [-0.05, 0) is 94.5 Å². The number of benzene rings is 1. The first-order chi connectivity index (χ1) is 27.4. The Morgan fingerprint density at radius 2 is 1.25 bits per heavy atom. The quantitative estimate of drug-likeness (QED) is 0.167. The van der Waals surface area contributed by atoms with Gasteiger partial charge in [0.05, 0.1) is 27.4 Å². The van der Waals surface area contributed by atoms with Crippen LogP contribution in [0.15, 0.2) is 30.3 Å². The van der Waals surface area contributed by atoms with E-state index in [1.165, 1.54) is 60.1 Å². The molecule has 1 aliphatic rings. The van der Waals surface area contributed by atoms with E-state index >= 15 is 0 Å². The maximum Gasteiger partial charge on any atom is 0.311 e. The Balaban J connectivity index is 2.38. The third-order valence-corrected chi connectivity index (χ3v) is 8.43.